The molecule has 0 spiro atoms. The van der Waals surface area contributed by atoms with Crippen LogP contribution >= 0.6 is 0 Å². The molecule has 88 heavy (non-hydrogen) atoms. The lowest BCUT2D eigenvalue weighted by Crippen LogP contribution is -2.55. The molecule has 1 aliphatic heterocycles. The van der Waals surface area contributed by atoms with E-state index in [9.17, 15) is 0 Å². The maximum atomic E-state index is 7.06. The molecule has 15 unspecified atom stereocenters. The van der Waals surface area contributed by atoms with Gasteiger partial charge in [0.25, 0.3) is 0 Å². The summed E-state index contributed by atoms with van der Waals surface area (Å²) < 4.78 is 7.06. The smallest absolute Gasteiger partial charge is 0.0616 e. The number of likely N-dealkylation sites (tertiary alicyclic amines) is 1. The van der Waals surface area contributed by atoms with E-state index in [1.54, 1.807) is 5.57 Å². The van der Waals surface area contributed by atoms with Crippen LogP contribution in [0.15, 0.2) is 131 Å². The SMILES string of the molecule is C=CC1=CCC(OC2CC=C(C3(C4=CCCCC4)C4C=CCCC4C4CCC(N(C5CCC(C6=CC=C(CCCCCCCC)CC6)CC5)C5CCC(C6CCC7C(C6)C6CC(C8=CCC(C=C)CC8)CC=C6N7C6CC=CCC6)CC5)CC43)CC2)CC1. The van der Waals surface area contributed by atoms with Crippen molar-refractivity contribution in [3.05, 3.63) is 131 Å². The van der Waals surface area contributed by atoms with Gasteiger partial charge in [-0.15, -0.1) is 6.58 Å². The Hall–Kier alpha value is -3.14. The lowest BCUT2D eigenvalue weighted by molar-refractivity contribution is -0.0270. The molecule has 1 heterocycles. The third-order valence-electron chi connectivity index (χ3n) is 28.4. The zero-order chi connectivity index (χ0) is 59.4. The van der Waals surface area contributed by atoms with Crippen LogP contribution in [0.3, 0.4) is 0 Å². The van der Waals surface area contributed by atoms with Crippen LogP contribution in [0.25, 0.3) is 0 Å². The van der Waals surface area contributed by atoms with Crippen LogP contribution in [0.2, 0.25) is 0 Å². The average molecular weight is 1190 g/mol. The fourth-order valence-electron chi connectivity index (χ4n) is 24.0. The van der Waals surface area contributed by atoms with Gasteiger partial charge in [0.05, 0.1) is 12.2 Å². The number of hydrogen-bond donors (Lipinski definition) is 0. The van der Waals surface area contributed by atoms with Crippen molar-refractivity contribution in [3.63, 3.8) is 0 Å². The first-order valence-corrected chi connectivity index (χ1v) is 39.1. The molecule has 0 bridgehead atoms. The quantitative estimate of drug-likeness (QED) is 0.0893. The summed E-state index contributed by atoms with van der Waals surface area (Å²) in [5.41, 5.74) is 12.7. The number of hydrogen-bond acceptors (Lipinski definition) is 3. The van der Waals surface area contributed by atoms with Crippen molar-refractivity contribution in [2.75, 3.05) is 0 Å². The minimum absolute atomic E-state index is 0.219. The van der Waals surface area contributed by atoms with E-state index in [1.165, 1.54) is 256 Å². The number of rotatable bonds is 20. The van der Waals surface area contributed by atoms with Crippen LogP contribution in [0.5, 0.6) is 0 Å². The predicted octanol–water partition coefficient (Wildman–Crippen LogP) is 22.9. The van der Waals surface area contributed by atoms with E-state index < -0.39 is 0 Å². The van der Waals surface area contributed by atoms with Crippen molar-refractivity contribution in [3.8, 4) is 0 Å². The zero-order valence-corrected chi connectivity index (χ0v) is 56.0. The third kappa shape index (κ3) is 13.0. The molecule has 3 nitrogen and oxygen atoms in total. The second-order valence-electron chi connectivity index (χ2n) is 32.6. The predicted molar refractivity (Wildman–Crippen MR) is 372 cm³/mol. The molecule has 0 radical (unpaired) electrons. The van der Waals surface area contributed by atoms with E-state index >= 15 is 0 Å². The monoisotopic (exact) mass is 1190 g/mol. The highest BCUT2D eigenvalue weighted by Crippen LogP contribution is 2.70. The van der Waals surface area contributed by atoms with Crippen molar-refractivity contribution in [1.29, 1.82) is 0 Å². The highest BCUT2D eigenvalue weighted by molar-refractivity contribution is 5.41. The van der Waals surface area contributed by atoms with E-state index in [2.05, 4.69) is 109 Å². The summed E-state index contributed by atoms with van der Waals surface area (Å²) in [5, 5.41) is 0. The Morgan fingerprint density at radius 2 is 1.35 bits per heavy atom. The van der Waals surface area contributed by atoms with Gasteiger partial charge < -0.3 is 9.64 Å². The molecule has 14 rings (SSSR count). The highest BCUT2D eigenvalue weighted by atomic mass is 16.5. The summed E-state index contributed by atoms with van der Waals surface area (Å²) in [6.45, 7) is 10.6. The Kier molecular flexibility index (Phi) is 20.5. The van der Waals surface area contributed by atoms with E-state index in [4.69, 9.17) is 4.74 Å². The van der Waals surface area contributed by atoms with Crippen molar-refractivity contribution < 1.29 is 4.74 Å². The van der Waals surface area contributed by atoms with Crippen LogP contribution in [0.1, 0.15) is 283 Å². The van der Waals surface area contributed by atoms with E-state index in [0.717, 1.165) is 109 Å². The Balaban J connectivity index is 0.710. The van der Waals surface area contributed by atoms with Gasteiger partial charge in [0.15, 0.2) is 0 Å². The molecule has 0 aromatic rings. The molecule has 0 amide bonds. The number of ether oxygens (including phenoxy) is 1. The Labute approximate surface area is 538 Å². The van der Waals surface area contributed by atoms with Crippen molar-refractivity contribution in [2.45, 2.75) is 325 Å². The molecule has 0 aromatic carbocycles. The summed E-state index contributed by atoms with van der Waals surface area (Å²) in [6, 6.07) is 3.79. The number of fused-ring (bicyclic) bond motifs is 6. The standard InChI is InChI=1S/C85H124N2O/c1-4-7-8-9-10-13-20-62-29-35-63(36-30-62)64-37-45-72(46-38-64)86(73-47-39-66(40-48-73)68-42-56-84-80(58-68)79-57-67(65-33-27-60(5-2)28-34-65)41-55-83(79)87(84)71-23-16-12-17-24-71)74-49-54-78-77-25-18-19-26-81(77)85(82(78)59-74,69-21-14-11-15-22-69)70-43-52-76(53-44-70)88-75-50-31-61(6-3)32-51-75/h5-6,12,16,19,21,26,29,31,33,35,43,55,60,64,66-68,71-82,84H,2-4,7-11,13-15,17-18,20,22-25,27-28,30,32,34,36-42,44-54,56-59H2,1H3. The molecule has 3 heteroatoms. The van der Waals surface area contributed by atoms with Crippen LogP contribution < -0.4 is 0 Å². The summed E-state index contributed by atoms with van der Waals surface area (Å²) in [6.07, 6.45) is 93.2. The molecule has 13 aliphatic carbocycles. The lowest BCUT2D eigenvalue weighted by atomic mass is 9.55. The molecule has 15 atom stereocenters. The van der Waals surface area contributed by atoms with E-state index in [1.807, 2.05) is 28.0 Å². The van der Waals surface area contributed by atoms with Gasteiger partial charge in [-0.05, 0) is 303 Å². The lowest BCUT2D eigenvalue weighted by Gasteiger charge is -2.54. The fraction of sp³-hybridized carbons (Fsp3) is 0.741. The minimum atomic E-state index is 0.219. The second-order valence-corrected chi connectivity index (χ2v) is 32.6. The summed E-state index contributed by atoms with van der Waals surface area (Å²) >= 11 is 0. The second kappa shape index (κ2) is 29.0. The van der Waals surface area contributed by atoms with Crippen LogP contribution in [-0.4, -0.2) is 52.2 Å². The minimum Gasteiger partial charge on any atom is -0.374 e. The van der Waals surface area contributed by atoms with Gasteiger partial charge in [-0.3, -0.25) is 4.90 Å². The maximum absolute atomic E-state index is 7.06. The summed E-state index contributed by atoms with van der Waals surface area (Å²) in [4.78, 5) is 6.58. The van der Waals surface area contributed by atoms with Crippen LogP contribution in [-0.2, 0) is 4.74 Å². The number of nitrogens with zero attached hydrogens (tertiary/aromatic N) is 2. The summed E-state index contributed by atoms with van der Waals surface area (Å²) in [5.74, 6) is 8.99. The number of unbranched alkanes of at least 4 members (excludes halogenated alkanes) is 5. The van der Waals surface area contributed by atoms with Gasteiger partial charge in [-0.1, -0.05) is 158 Å². The van der Waals surface area contributed by atoms with Gasteiger partial charge in [0.2, 0.25) is 0 Å². The molecule has 0 N–H and O–H groups in total. The Morgan fingerprint density at radius 1 is 0.557 bits per heavy atom. The van der Waals surface area contributed by atoms with E-state index in [0.29, 0.717) is 24.0 Å². The Morgan fingerprint density at radius 3 is 2.08 bits per heavy atom. The molecular weight excluding hydrogens is 1060 g/mol. The molecule has 14 aliphatic rings. The Bertz CT molecular complexity index is 2680. The molecule has 6 fully saturated rings. The van der Waals surface area contributed by atoms with Crippen molar-refractivity contribution in [1.82, 2.24) is 9.80 Å². The van der Waals surface area contributed by atoms with Gasteiger partial charge >= 0.3 is 0 Å². The first kappa shape index (κ1) is 62.3. The summed E-state index contributed by atoms with van der Waals surface area (Å²) in [7, 11) is 0. The zero-order valence-electron chi connectivity index (χ0n) is 56.0. The molecular formula is C85H124N2O. The molecule has 480 valence electrons. The third-order valence-corrected chi connectivity index (χ3v) is 28.4. The topological polar surface area (TPSA) is 15.7 Å². The average Bonchev–Trinajstić information content (AvgIpc) is 1.54. The van der Waals surface area contributed by atoms with Crippen LogP contribution in [0, 0.1) is 70.5 Å². The van der Waals surface area contributed by atoms with Gasteiger partial charge in [-0.25, -0.2) is 0 Å². The van der Waals surface area contributed by atoms with Crippen molar-refractivity contribution in [2.24, 2.45) is 70.5 Å². The molecule has 1 saturated heterocycles. The highest BCUT2D eigenvalue weighted by Gasteiger charge is 2.64. The van der Waals surface area contributed by atoms with Gasteiger partial charge in [-0.2, -0.15) is 0 Å². The first-order chi connectivity index (χ1) is 43.5. The van der Waals surface area contributed by atoms with Gasteiger partial charge in [0, 0.05) is 47.2 Å². The maximum Gasteiger partial charge on any atom is 0.0616 e. The number of allylic oxidation sites excluding steroid dienone is 17. The van der Waals surface area contributed by atoms with Gasteiger partial charge in [0.1, 0.15) is 0 Å². The van der Waals surface area contributed by atoms with E-state index in [-0.39, 0.29) is 5.41 Å². The normalized spacial score (nSPS) is 41.0. The largest absolute Gasteiger partial charge is 0.374 e. The van der Waals surface area contributed by atoms with Crippen molar-refractivity contribution >= 4 is 0 Å². The van der Waals surface area contributed by atoms with Crippen LogP contribution in [0.4, 0.5) is 0 Å². The molecule has 0 aromatic heterocycles. The molecule has 5 saturated carbocycles. The fourth-order valence-corrected chi connectivity index (χ4v) is 24.0. The first-order valence-electron chi connectivity index (χ1n) is 39.1.